The van der Waals surface area contributed by atoms with Crippen LogP contribution < -0.4 is 10.2 Å². The van der Waals surface area contributed by atoms with Gasteiger partial charge < -0.3 is 5.32 Å². The molecule has 0 aromatic heterocycles. The minimum absolute atomic E-state index is 0.0968. The predicted molar refractivity (Wildman–Crippen MR) is 131 cm³/mol. The number of carbonyl (C=O) groups is 2. The Balaban J connectivity index is 1.67. The minimum Gasteiger partial charge on any atom is -0.350 e. The van der Waals surface area contributed by atoms with Crippen molar-refractivity contribution < 1.29 is 14.5 Å². The normalized spacial score (nSPS) is 13.6. The Bertz CT molecular complexity index is 1500. The van der Waals surface area contributed by atoms with Crippen molar-refractivity contribution in [2.24, 2.45) is 0 Å². The number of non-ortho nitro benzene ring substituents is 1. The van der Waals surface area contributed by atoms with Crippen molar-refractivity contribution in [1.82, 2.24) is 0 Å². The van der Waals surface area contributed by atoms with Gasteiger partial charge in [0.05, 0.1) is 16.2 Å². The molecule has 1 aliphatic rings. The lowest BCUT2D eigenvalue weighted by molar-refractivity contribution is -0.384. The molecule has 0 saturated heterocycles. The van der Waals surface area contributed by atoms with Gasteiger partial charge in [-0.3, -0.25) is 19.7 Å². The van der Waals surface area contributed by atoms with E-state index in [-0.39, 0.29) is 17.0 Å². The molecule has 1 aliphatic heterocycles. The van der Waals surface area contributed by atoms with Crippen LogP contribution >= 0.6 is 0 Å². The number of amides is 2. The fourth-order valence-electron chi connectivity index (χ4n) is 4.17. The molecule has 0 radical (unpaired) electrons. The summed E-state index contributed by atoms with van der Waals surface area (Å²) >= 11 is 0. The van der Waals surface area contributed by atoms with E-state index >= 15 is 0 Å². The number of aryl methyl sites for hydroxylation is 1. The number of hydrogen-bond acceptors (Lipinski definition) is 5. The Hall–Kier alpha value is -4.78. The predicted octanol–water partition coefficient (Wildman–Crippen LogP) is 5.45. The van der Waals surface area contributed by atoms with E-state index in [0.29, 0.717) is 16.9 Å². The minimum atomic E-state index is -0.505. The number of imide groups is 1. The van der Waals surface area contributed by atoms with Gasteiger partial charge >= 0.3 is 0 Å². The Morgan fingerprint density at radius 2 is 1.47 bits per heavy atom. The first-order valence-corrected chi connectivity index (χ1v) is 10.6. The SMILES string of the molecule is Cc1ccccc1N1C(=O)C(Nc2cccc3ccccc23)=C(c2ccc([N+](=O)[O-])cc2)C1=O. The number of fused-ring (bicyclic) bond motifs is 1. The van der Waals surface area contributed by atoms with E-state index in [2.05, 4.69) is 5.32 Å². The van der Waals surface area contributed by atoms with Gasteiger partial charge in [0.15, 0.2) is 0 Å². The van der Waals surface area contributed by atoms with Gasteiger partial charge in [0.25, 0.3) is 17.5 Å². The fraction of sp³-hybridized carbons (Fsp3) is 0.0370. The summed E-state index contributed by atoms with van der Waals surface area (Å²) in [6.45, 7) is 1.83. The molecular weight excluding hydrogens is 430 g/mol. The average Bonchev–Trinajstić information content (AvgIpc) is 3.09. The van der Waals surface area contributed by atoms with E-state index in [1.54, 1.807) is 12.1 Å². The molecule has 0 saturated carbocycles. The van der Waals surface area contributed by atoms with Gasteiger partial charge in [0.2, 0.25) is 0 Å². The van der Waals surface area contributed by atoms with Gasteiger partial charge in [-0.05, 0) is 47.7 Å². The fourth-order valence-corrected chi connectivity index (χ4v) is 4.17. The van der Waals surface area contributed by atoms with Crippen molar-refractivity contribution in [3.63, 3.8) is 0 Å². The molecule has 0 atom stereocenters. The van der Waals surface area contributed by atoms with Gasteiger partial charge in [0, 0.05) is 23.2 Å². The van der Waals surface area contributed by atoms with Crippen LogP contribution in [0.2, 0.25) is 0 Å². The molecule has 5 rings (SSSR count). The van der Waals surface area contributed by atoms with Crippen molar-refractivity contribution in [3.05, 3.63) is 118 Å². The lowest BCUT2D eigenvalue weighted by Crippen LogP contribution is -2.33. The number of nitro benzene ring substituents is 1. The van der Waals surface area contributed by atoms with E-state index in [0.717, 1.165) is 21.2 Å². The number of para-hydroxylation sites is 1. The zero-order chi connectivity index (χ0) is 23.8. The third kappa shape index (κ3) is 3.49. The highest BCUT2D eigenvalue weighted by Crippen LogP contribution is 2.36. The Morgan fingerprint density at radius 3 is 2.21 bits per heavy atom. The van der Waals surface area contributed by atoms with Gasteiger partial charge in [-0.25, -0.2) is 4.90 Å². The Labute approximate surface area is 195 Å². The van der Waals surface area contributed by atoms with Crippen LogP contribution in [0, 0.1) is 17.0 Å². The summed E-state index contributed by atoms with van der Waals surface area (Å²) in [7, 11) is 0. The summed E-state index contributed by atoms with van der Waals surface area (Å²) in [6.07, 6.45) is 0. The second-order valence-electron chi connectivity index (χ2n) is 7.94. The second kappa shape index (κ2) is 8.29. The quantitative estimate of drug-likeness (QED) is 0.248. The molecule has 1 N–H and O–H groups in total. The Kier molecular flexibility index (Phi) is 5.14. The van der Waals surface area contributed by atoms with Crippen molar-refractivity contribution >= 4 is 45.2 Å². The number of anilines is 2. The van der Waals surface area contributed by atoms with Gasteiger partial charge in [-0.2, -0.15) is 0 Å². The molecule has 4 aromatic rings. The second-order valence-corrected chi connectivity index (χ2v) is 7.94. The molecular formula is C27H19N3O4. The maximum absolute atomic E-state index is 13.6. The molecule has 0 aliphatic carbocycles. The van der Waals surface area contributed by atoms with Crippen molar-refractivity contribution in [2.45, 2.75) is 6.92 Å². The molecule has 0 spiro atoms. The number of rotatable bonds is 5. The van der Waals surface area contributed by atoms with Crippen LogP contribution in [0.15, 0.2) is 96.7 Å². The molecule has 1 heterocycles. The number of benzene rings is 4. The number of nitro groups is 1. The average molecular weight is 449 g/mol. The maximum atomic E-state index is 13.6. The molecule has 0 bridgehead atoms. The van der Waals surface area contributed by atoms with Crippen molar-refractivity contribution in [3.8, 4) is 0 Å². The van der Waals surface area contributed by atoms with Crippen LogP contribution in [0.5, 0.6) is 0 Å². The molecule has 7 heteroatoms. The largest absolute Gasteiger partial charge is 0.350 e. The van der Waals surface area contributed by atoms with Crippen molar-refractivity contribution in [1.29, 1.82) is 0 Å². The van der Waals surface area contributed by atoms with E-state index in [4.69, 9.17) is 0 Å². The first-order valence-electron chi connectivity index (χ1n) is 10.6. The maximum Gasteiger partial charge on any atom is 0.282 e. The summed E-state index contributed by atoms with van der Waals surface area (Å²) in [6, 6.07) is 26.2. The highest BCUT2D eigenvalue weighted by Gasteiger charge is 2.41. The van der Waals surface area contributed by atoms with Crippen LogP contribution in [-0.2, 0) is 9.59 Å². The summed E-state index contributed by atoms with van der Waals surface area (Å²) in [5, 5.41) is 16.2. The molecule has 7 nitrogen and oxygen atoms in total. The Morgan fingerprint density at radius 1 is 0.794 bits per heavy atom. The highest BCUT2D eigenvalue weighted by atomic mass is 16.6. The molecule has 166 valence electrons. The van der Waals surface area contributed by atoms with E-state index in [1.165, 1.54) is 24.3 Å². The molecule has 4 aromatic carbocycles. The number of nitrogens with zero attached hydrogens (tertiary/aromatic N) is 2. The van der Waals surface area contributed by atoms with E-state index in [1.807, 2.05) is 61.5 Å². The molecule has 0 unspecified atom stereocenters. The summed E-state index contributed by atoms with van der Waals surface area (Å²) in [5.74, 6) is -0.975. The molecule has 34 heavy (non-hydrogen) atoms. The monoisotopic (exact) mass is 449 g/mol. The first kappa shape index (κ1) is 21.1. The summed E-state index contributed by atoms with van der Waals surface area (Å²) in [4.78, 5) is 39.0. The highest BCUT2D eigenvalue weighted by molar-refractivity contribution is 6.46. The van der Waals surface area contributed by atoms with Crippen LogP contribution in [0.3, 0.4) is 0 Å². The number of carbonyl (C=O) groups excluding carboxylic acids is 2. The lowest BCUT2D eigenvalue weighted by Gasteiger charge is -2.18. The number of nitrogens with one attached hydrogen (secondary N) is 1. The number of hydrogen-bond donors (Lipinski definition) is 1. The van der Waals surface area contributed by atoms with Crippen molar-refractivity contribution in [2.75, 3.05) is 10.2 Å². The smallest absolute Gasteiger partial charge is 0.282 e. The van der Waals surface area contributed by atoms with Gasteiger partial charge in [0.1, 0.15) is 5.70 Å². The first-order chi connectivity index (χ1) is 16.5. The lowest BCUT2D eigenvalue weighted by atomic mass is 10.0. The third-order valence-electron chi connectivity index (χ3n) is 5.86. The van der Waals surface area contributed by atoms with E-state index < -0.39 is 16.7 Å². The topological polar surface area (TPSA) is 92.6 Å². The standard InChI is InChI=1S/C27H19N3O4/c1-17-7-2-5-12-23(17)29-26(31)24(19-13-15-20(16-14-19)30(33)34)25(27(29)32)28-22-11-6-9-18-8-3-4-10-21(18)22/h2-16,28H,1H3. The molecule has 0 fully saturated rings. The van der Waals surface area contributed by atoms with Crippen LogP contribution in [-0.4, -0.2) is 16.7 Å². The van der Waals surface area contributed by atoms with Crippen LogP contribution in [0.1, 0.15) is 11.1 Å². The third-order valence-corrected chi connectivity index (χ3v) is 5.86. The van der Waals surface area contributed by atoms with Crippen LogP contribution in [0.4, 0.5) is 17.1 Å². The van der Waals surface area contributed by atoms with Crippen LogP contribution in [0.25, 0.3) is 16.3 Å². The van der Waals surface area contributed by atoms with E-state index in [9.17, 15) is 19.7 Å². The van der Waals surface area contributed by atoms with Gasteiger partial charge in [-0.1, -0.05) is 54.6 Å². The zero-order valence-corrected chi connectivity index (χ0v) is 18.2. The zero-order valence-electron chi connectivity index (χ0n) is 18.2. The van der Waals surface area contributed by atoms with Gasteiger partial charge in [-0.15, -0.1) is 0 Å². The summed E-state index contributed by atoms with van der Waals surface area (Å²) in [5.41, 5.74) is 2.56. The molecule has 2 amide bonds. The summed E-state index contributed by atoms with van der Waals surface area (Å²) < 4.78 is 0.